The van der Waals surface area contributed by atoms with E-state index < -0.39 is 0 Å². The monoisotopic (exact) mass is 395 g/mol. The largest absolute Gasteiger partial charge is 0.443 e. The van der Waals surface area contributed by atoms with Crippen LogP contribution < -0.4 is 0 Å². The van der Waals surface area contributed by atoms with Crippen LogP contribution in [0, 0.1) is 12.8 Å². The molecule has 3 nitrogen and oxygen atoms in total. The van der Waals surface area contributed by atoms with E-state index in [1.165, 1.54) is 11.1 Å². The van der Waals surface area contributed by atoms with Gasteiger partial charge in [0.15, 0.2) is 6.73 Å². The van der Waals surface area contributed by atoms with E-state index in [0.29, 0.717) is 0 Å². The molecular formula is C24H26ClNO2. The highest BCUT2D eigenvalue weighted by Gasteiger charge is 2.25. The van der Waals surface area contributed by atoms with Crippen LogP contribution in [-0.2, 0) is 22.7 Å². The van der Waals surface area contributed by atoms with Gasteiger partial charge in [0.25, 0.3) is 0 Å². The fraction of sp³-hybridized carbons (Fsp3) is 0.292. The van der Waals surface area contributed by atoms with Gasteiger partial charge in [-0.05, 0) is 54.2 Å². The number of hydrogen-bond donors (Lipinski definition) is 0. The Kier molecular flexibility index (Phi) is 6.58. The summed E-state index contributed by atoms with van der Waals surface area (Å²) >= 11 is 5.94. The molecule has 0 aliphatic rings. The zero-order valence-corrected chi connectivity index (χ0v) is 17.3. The molecule has 1 unspecified atom stereocenters. The summed E-state index contributed by atoms with van der Waals surface area (Å²) in [4.78, 5) is 12.7. The summed E-state index contributed by atoms with van der Waals surface area (Å²) in [6.07, 6.45) is 4.77. The molecule has 3 aromatic rings. The highest BCUT2D eigenvalue weighted by molar-refractivity contribution is 6.30. The van der Waals surface area contributed by atoms with Gasteiger partial charge in [0.2, 0.25) is 0 Å². The van der Waals surface area contributed by atoms with Gasteiger partial charge in [-0.15, -0.1) is 0 Å². The van der Waals surface area contributed by atoms with Gasteiger partial charge < -0.3 is 9.30 Å². The summed E-state index contributed by atoms with van der Waals surface area (Å²) in [7, 11) is 0. The van der Waals surface area contributed by atoms with Crippen molar-refractivity contribution in [2.45, 2.75) is 39.8 Å². The average molecular weight is 396 g/mol. The number of ether oxygens (including phenoxy) is 1. The maximum Gasteiger partial charge on any atom is 0.315 e. The summed E-state index contributed by atoms with van der Waals surface area (Å²) in [5.74, 6) is -0.281. The van der Waals surface area contributed by atoms with Gasteiger partial charge in [0, 0.05) is 17.4 Å². The topological polar surface area (TPSA) is 31.2 Å². The van der Waals surface area contributed by atoms with Gasteiger partial charge in [-0.25, -0.2) is 0 Å². The number of esters is 1. The molecule has 0 radical (unpaired) electrons. The Bertz CT molecular complexity index is 911. The molecular weight excluding hydrogens is 370 g/mol. The fourth-order valence-electron chi connectivity index (χ4n) is 3.31. The Morgan fingerprint density at radius 1 is 1.00 bits per heavy atom. The van der Waals surface area contributed by atoms with Gasteiger partial charge in [-0.3, -0.25) is 4.79 Å². The fourth-order valence-corrected chi connectivity index (χ4v) is 3.43. The number of nitrogens with zero attached hydrogens (tertiary/aromatic N) is 1. The quantitative estimate of drug-likeness (QED) is 0.460. The maximum atomic E-state index is 12.7. The van der Waals surface area contributed by atoms with Crippen LogP contribution in [0.25, 0.3) is 0 Å². The molecule has 1 aromatic heterocycles. The Labute approximate surface area is 171 Å². The lowest BCUT2D eigenvalue weighted by Gasteiger charge is -2.20. The molecule has 0 saturated carbocycles. The molecule has 4 heteroatoms. The number of carbonyl (C=O) groups excluding carboxylic acids is 1. The minimum Gasteiger partial charge on any atom is -0.443 e. The van der Waals surface area contributed by atoms with Crippen LogP contribution >= 0.6 is 11.6 Å². The average Bonchev–Trinajstić information content (AvgIpc) is 3.11. The van der Waals surface area contributed by atoms with Gasteiger partial charge in [-0.2, -0.15) is 0 Å². The highest BCUT2D eigenvalue weighted by atomic mass is 35.5. The Balaban J connectivity index is 1.61. The third-order valence-electron chi connectivity index (χ3n) is 4.85. The normalized spacial score (nSPS) is 12.2. The third-order valence-corrected chi connectivity index (χ3v) is 5.10. The molecule has 0 spiro atoms. The molecule has 0 aliphatic heterocycles. The lowest BCUT2D eigenvalue weighted by molar-refractivity contribution is -0.150. The van der Waals surface area contributed by atoms with Crippen LogP contribution in [0.5, 0.6) is 0 Å². The van der Waals surface area contributed by atoms with Crippen molar-refractivity contribution in [3.63, 3.8) is 0 Å². The first-order valence-electron chi connectivity index (χ1n) is 9.54. The minimum atomic E-state index is -0.260. The lowest BCUT2D eigenvalue weighted by Crippen LogP contribution is -2.21. The molecule has 0 fully saturated rings. The van der Waals surface area contributed by atoms with E-state index in [1.807, 2.05) is 92.3 Å². The second kappa shape index (κ2) is 9.11. The van der Waals surface area contributed by atoms with E-state index >= 15 is 0 Å². The zero-order chi connectivity index (χ0) is 20.1. The van der Waals surface area contributed by atoms with Crippen LogP contribution in [0.3, 0.4) is 0 Å². The van der Waals surface area contributed by atoms with Crippen molar-refractivity contribution < 1.29 is 9.53 Å². The van der Waals surface area contributed by atoms with E-state index in [0.717, 1.165) is 22.6 Å². The van der Waals surface area contributed by atoms with E-state index in [1.54, 1.807) is 0 Å². The van der Waals surface area contributed by atoms with Crippen molar-refractivity contribution in [3.8, 4) is 0 Å². The first-order valence-corrected chi connectivity index (χ1v) is 9.92. The van der Waals surface area contributed by atoms with Crippen molar-refractivity contribution in [2.24, 2.45) is 5.92 Å². The van der Waals surface area contributed by atoms with Crippen LogP contribution in [0.2, 0.25) is 5.02 Å². The van der Waals surface area contributed by atoms with Crippen molar-refractivity contribution >= 4 is 17.6 Å². The second-order valence-corrected chi connectivity index (χ2v) is 8.00. The van der Waals surface area contributed by atoms with Gasteiger partial charge in [0.1, 0.15) is 0 Å². The number of hydrogen-bond acceptors (Lipinski definition) is 2. The van der Waals surface area contributed by atoms with E-state index in [9.17, 15) is 4.79 Å². The molecule has 146 valence electrons. The minimum absolute atomic E-state index is 0.167. The second-order valence-electron chi connectivity index (χ2n) is 7.56. The summed E-state index contributed by atoms with van der Waals surface area (Å²) in [5.41, 5.74) is 4.54. The molecule has 0 amide bonds. The third kappa shape index (κ3) is 5.26. The molecule has 1 heterocycles. The van der Waals surface area contributed by atoms with Gasteiger partial charge >= 0.3 is 5.97 Å². The molecule has 3 rings (SSSR count). The Morgan fingerprint density at radius 2 is 1.68 bits per heavy atom. The SMILES string of the molecule is Cc1ccc(C(C(=O)OCn2ccc(Cc3ccc(Cl)cc3)c2)C(C)C)cc1. The Hall–Kier alpha value is -2.52. The van der Waals surface area contributed by atoms with Gasteiger partial charge in [0.05, 0.1) is 5.92 Å². The lowest BCUT2D eigenvalue weighted by atomic mass is 9.88. The van der Waals surface area contributed by atoms with E-state index in [2.05, 4.69) is 0 Å². The Morgan fingerprint density at radius 3 is 2.32 bits per heavy atom. The summed E-state index contributed by atoms with van der Waals surface area (Å²) < 4.78 is 7.52. The van der Waals surface area contributed by atoms with Crippen molar-refractivity contribution in [1.82, 2.24) is 4.57 Å². The van der Waals surface area contributed by atoms with Crippen molar-refractivity contribution in [1.29, 1.82) is 0 Å². The molecule has 2 aromatic carbocycles. The van der Waals surface area contributed by atoms with Crippen molar-refractivity contribution in [3.05, 3.63) is 94.3 Å². The molecule has 28 heavy (non-hydrogen) atoms. The number of halogens is 1. The van der Waals surface area contributed by atoms with Gasteiger partial charge in [-0.1, -0.05) is 67.4 Å². The molecule has 0 saturated heterocycles. The molecule has 0 aliphatic carbocycles. The standard InChI is InChI=1S/C24H26ClNO2/c1-17(2)23(21-8-4-18(3)5-9-21)24(27)28-16-26-13-12-20(15-26)14-19-6-10-22(25)11-7-19/h4-13,15,17,23H,14,16H2,1-3H3. The smallest absolute Gasteiger partial charge is 0.315 e. The first-order chi connectivity index (χ1) is 13.4. The maximum absolute atomic E-state index is 12.7. The van der Waals surface area contributed by atoms with E-state index in [4.69, 9.17) is 16.3 Å². The molecule has 0 bridgehead atoms. The number of rotatable bonds is 7. The van der Waals surface area contributed by atoms with Crippen molar-refractivity contribution in [2.75, 3.05) is 0 Å². The number of aromatic nitrogens is 1. The molecule has 1 atom stereocenters. The van der Waals surface area contributed by atoms with Crippen LogP contribution in [0.4, 0.5) is 0 Å². The zero-order valence-electron chi connectivity index (χ0n) is 16.6. The summed E-state index contributed by atoms with van der Waals surface area (Å²) in [6.45, 7) is 6.35. The highest BCUT2D eigenvalue weighted by Crippen LogP contribution is 2.26. The van der Waals surface area contributed by atoms with Crippen LogP contribution in [0.1, 0.15) is 42.0 Å². The predicted molar refractivity (Wildman–Crippen MR) is 114 cm³/mol. The summed E-state index contributed by atoms with van der Waals surface area (Å²) in [5, 5.41) is 0.738. The van der Waals surface area contributed by atoms with E-state index in [-0.39, 0.29) is 24.5 Å². The number of carbonyl (C=O) groups is 1. The molecule has 0 N–H and O–H groups in total. The van der Waals surface area contributed by atoms with Crippen LogP contribution in [0.15, 0.2) is 67.0 Å². The van der Waals surface area contributed by atoms with Crippen LogP contribution in [-0.4, -0.2) is 10.5 Å². The number of aryl methyl sites for hydroxylation is 1. The summed E-state index contributed by atoms with van der Waals surface area (Å²) in [6, 6.07) is 18.0. The number of benzene rings is 2. The first kappa shape index (κ1) is 20.2. The predicted octanol–water partition coefficient (Wildman–Crippen LogP) is 5.98.